The van der Waals surface area contributed by atoms with E-state index in [1.165, 1.54) is 0 Å². The van der Waals surface area contributed by atoms with Gasteiger partial charge in [-0.05, 0) is 39.4 Å². The van der Waals surface area contributed by atoms with E-state index in [2.05, 4.69) is 38.0 Å². The molecule has 18 heavy (non-hydrogen) atoms. The molecule has 0 saturated heterocycles. The number of nitrogens with zero attached hydrogens (tertiary/aromatic N) is 1. The zero-order valence-corrected chi connectivity index (χ0v) is 13.1. The Kier molecular flexibility index (Phi) is 5.93. The summed E-state index contributed by atoms with van der Waals surface area (Å²) in [7, 11) is 2.08. The van der Waals surface area contributed by atoms with Crippen LogP contribution in [0.2, 0.25) is 10.0 Å². The predicted molar refractivity (Wildman–Crippen MR) is 80.6 cm³/mol. The van der Waals surface area contributed by atoms with Crippen molar-refractivity contribution in [3.63, 3.8) is 0 Å². The van der Waals surface area contributed by atoms with Crippen LogP contribution >= 0.6 is 23.2 Å². The fourth-order valence-electron chi connectivity index (χ4n) is 1.66. The van der Waals surface area contributed by atoms with Crippen LogP contribution in [0.3, 0.4) is 0 Å². The third kappa shape index (κ3) is 5.57. The van der Waals surface area contributed by atoms with E-state index < -0.39 is 0 Å². The van der Waals surface area contributed by atoms with E-state index in [0.717, 1.165) is 25.2 Å². The first-order valence-corrected chi connectivity index (χ1v) is 6.91. The van der Waals surface area contributed by atoms with Gasteiger partial charge in [0, 0.05) is 25.2 Å². The van der Waals surface area contributed by atoms with Crippen LogP contribution in [-0.2, 0) is 6.54 Å². The summed E-state index contributed by atoms with van der Waals surface area (Å²) in [6.45, 7) is 9.24. The monoisotopic (exact) mass is 288 g/mol. The van der Waals surface area contributed by atoms with E-state index in [1.54, 1.807) is 0 Å². The molecule has 0 fully saturated rings. The summed E-state index contributed by atoms with van der Waals surface area (Å²) < 4.78 is 0. The van der Waals surface area contributed by atoms with Gasteiger partial charge in [0.25, 0.3) is 0 Å². The Bertz CT molecular complexity index is 386. The molecule has 0 atom stereocenters. The fourth-order valence-corrected chi connectivity index (χ4v) is 2.04. The molecule has 102 valence electrons. The van der Waals surface area contributed by atoms with Gasteiger partial charge in [-0.3, -0.25) is 0 Å². The minimum atomic E-state index is 0.161. The lowest BCUT2D eigenvalue weighted by molar-refractivity contribution is 0.303. The average molecular weight is 289 g/mol. The number of benzene rings is 1. The van der Waals surface area contributed by atoms with Gasteiger partial charge in [-0.15, -0.1) is 0 Å². The van der Waals surface area contributed by atoms with Crippen molar-refractivity contribution in [1.29, 1.82) is 0 Å². The quantitative estimate of drug-likeness (QED) is 0.886. The zero-order valence-electron chi connectivity index (χ0n) is 11.6. The molecule has 0 amide bonds. The summed E-state index contributed by atoms with van der Waals surface area (Å²) in [6, 6.07) is 5.77. The smallest absolute Gasteiger partial charge is 0.0637 e. The van der Waals surface area contributed by atoms with Crippen LogP contribution in [-0.4, -0.2) is 30.6 Å². The molecule has 1 N–H and O–H groups in total. The highest BCUT2D eigenvalue weighted by Gasteiger charge is 2.10. The molecule has 1 aromatic carbocycles. The van der Waals surface area contributed by atoms with Crippen molar-refractivity contribution in [3.8, 4) is 0 Å². The first-order valence-electron chi connectivity index (χ1n) is 6.16. The van der Waals surface area contributed by atoms with Crippen LogP contribution < -0.4 is 5.32 Å². The first-order chi connectivity index (χ1) is 8.29. The van der Waals surface area contributed by atoms with Gasteiger partial charge in [-0.2, -0.15) is 0 Å². The van der Waals surface area contributed by atoms with Gasteiger partial charge < -0.3 is 10.2 Å². The topological polar surface area (TPSA) is 15.3 Å². The van der Waals surface area contributed by atoms with Crippen LogP contribution in [0, 0.1) is 0 Å². The summed E-state index contributed by atoms with van der Waals surface area (Å²) in [6.07, 6.45) is 0. The van der Waals surface area contributed by atoms with E-state index in [1.807, 2.05) is 18.2 Å². The standard InChI is InChI=1S/C14H22Cl2N2/c1-14(2,3)17-8-9-18(4)10-11-6-5-7-12(15)13(11)16/h5-7,17H,8-10H2,1-4H3. The number of hydrogen-bond donors (Lipinski definition) is 1. The molecule has 1 aromatic rings. The molecule has 4 heteroatoms. The highest BCUT2D eigenvalue weighted by atomic mass is 35.5. The van der Waals surface area contributed by atoms with Crippen molar-refractivity contribution in [2.24, 2.45) is 0 Å². The lowest BCUT2D eigenvalue weighted by atomic mass is 10.1. The largest absolute Gasteiger partial charge is 0.311 e. The van der Waals surface area contributed by atoms with Crippen LogP contribution in [0.5, 0.6) is 0 Å². The number of hydrogen-bond acceptors (Lipinski definition) is 2. The number of nitrogens with one attached hydrogen (secondary N) is 1. The Morgan fingerprint density at radius 3 is 2.50 bits per heavy atom. The lowest BCUT2D eigenvalue weighted by Gasteiger charge is -2.23. The van der Waals surface area contributed by atoms with Crippen molar-refractivity contribution in [2.45, 2.75) is 32.9 Å². The van der Waals surface area contributed by atoms with Gasteiger partial charge in [0.15, 0.2) is 0 Å². The molecule has 1 rings (SSSR count). The molecule has 0 aliphatic heterocycles. The maximum absolute atomic E-state index is 6.17. The maximum atomic E-state index is 6.17. The van der Waals surface area contributed by atoms with Gasteiger partial charge in [0.2, 0.25) is 0 Å². The third-order valence-electron chi connectivity index (χ3n) is 2.62. The van der Waals surface area contributed by atoms with Crippen LogP contribution in [0.4, 0.5) is 0 Å². The predicted octanol–water partition coefficient (Wildman–Crippen LogP) is 3.81. The van der Waals surface area contributed by atoms with Gasteiger partial charge in [-0.25, -0.2) is 0 Å². The highest BCUT2D eigenvalue weighted by molar-refractivity contribution is 6.42. The van der Waals surface area contributed by atoms with Gasteiger partial charge in [0.05, 0.1) is 10.0 Å². The normalized spacial score (nSPS) is 12.2. The molecule has 0 aliphatic carbocycles. The molecular formula is C14H22Cl2N2. The minimum Gasteiger partial charge on any atom is -0.311 e. The Labute approximate surface area is 120 Å². The molecule has 0 unspecified atom stereocenters. The van der Waals surface area contributed by atoms with Crippen LogP contribution in [0.15, 0.2) is 18.2 Å². The Morgan fingerprint density at radius 2 is 1.89 bits per heavy atom. The number of halogens is 2. The summed E-state index contributed by atoms with van der Waals surface area (Å²) in [5.74, 6) is 0. The molecule has 0 heterocycles. The van der Waals surface area contributed by atoms with Crippen molar-refractivity contribution in [1.82, 2.24) is 10.2 Å². The summed E-state index contributed by atoms with van der Waals surface area (Å²) in [5, 5.41) is 4.75. The second-order valence-corrected chi connectivity index (χ2v) is 6.41. The summed E-state index contributed by atoms with van der Waals surface area (Å²) in [4.78, 5) is 2.23. The second-order valence-electron chi connectivity index (χ2n) is 5.63. The van der Waals surface area contributed by atoms with Gasteiger partial charge >= 0.3 is 0 Å². The maximum Gasteiger partial charge on any atom is 0.0637 e. The van der Waals surface area contributed by atoms with Crippen molar-refractivity contribution < 1.29 is 0 Å². The Balaban J connectivity index is 2.45. The van der Waals surface area contributed by atoms with Crippen molar-refractivity contribution in [2.75, 3.05) is 20.1 Å². The minimum absolute atomic E-state index is 0.161. The molecule has 0 spiro atoms. The zero-order chi connectivity index (χ0) is 13.8. The molecular weight excluding hydrogens is 267 g/mol. The van der Waals surface area contributed by atoms with Crippen LogP contribution in [0.25, 0.3) is 0 Å². The Morgan fingerprint density at radius 1 is 1.22 bits per heavy atom. The SMILES string of the molecule is CN(CCNC(C)(C)C)Cc1cccc(Cl)c1Cl. The average Bonchev–Trinajstić information content (AvgIpc) is 2.23. The van der Waals surface area contributed by atoms with E-state index in [0.29, 0.717) is 10.0 Å². The fraction of sp³-hybridized carbons (Fsp3) is 0.571. The molecule has 0 bridgehead atoms. The number of rotatable bonds is 5. The summed E-state index contributed by atoms with van der Waals surface area (Å²) in [5.41, 5.74) is 1.23. The van der Waals surface area contributed by atoms with E-state index >= 15 is 0 Å². The highest BCUT2D eigenvalue weighted by Crippen LogP contribution is 2.26. The molecule has 0 saturated carbocycles. The van der Waals surface area contributed by atoms with Gasteiger partial charge in [-0.1, -0.05) is 35.3 Å². The number of likely N-dealkylation sites (N-methyl/N-ethyl adjacent to an activating group) is 1. The third-order valence-corrected chi connectivity index (χ3v) is 3.48. The van der Waals surface area contributed by atoms with Gasteiger partial charge in [0.1, 0.15) is 0 Å². The van der Waals surface area contributed by atoms with E-state index in [9.17, 15) is 0 Å². The molecule has 0 aliphatic rings. The summed E-state index contributed by atoms with van der Waals surface area (Å²) >= 11 is 12.2. The molecule has 2 nitrogen and oxygen atoms in total. The van der Waals surface area contributed by atoms with E-state index in [4.69, 9.17) is 23.2 Å². The Hall–Kier alpha value is -0.280. The van der Waals surface area contributed by atoms with Crippen LogP contribution in [0.1, 0.15) is 26.3 Å². The molecule has 0 radical (unpaired) electrons. The van der Waals surface area contributed by atoms with Crippen molar-refractivity contribution >= 4 is 23.2 Å². The molecule has 0 aromatic heterocycles. The lowest BCUT2D eigenvalue weighted by Crippen LogP contribution is -2.40. The van der Waals surface area contributed by atoms with Crippen molar-refractivity contribution in [3.05, 3.63) is 33.8 Å². The first kappa shape index (κ1) is 15.8. The van der Waals surface area contributed by atoms with E-state index in [-0.39, 0.29) is 5.54 Å². The second kappa shape index (κ2) is 6.76.